The number of halogens is 2. The topological polar surface area (TPSA) is 96.0 Å². The van der Waals surface area contributed by atoms with Crippen molar-refractivity contribution in [3.05, 3.63) is 94.0 Å². The Hall–Kier alpha value is -3.27. The maximum absolute atomic E-state index is 13.9. The number of carbonyl (C=O) groups excluding carboxylic acids is 2. The molecule has 0 radical (unpaired) electrons. The van der Waals surface area contributed by atoms with Gasteiger partial charge in [-0.1, -0.05) is 65.7 Å². The van der Waals surface area contributed by atoms with Crippen LogP contribution in [-0.4, -0.2) is 57.1 Å². The van der Waals surface area contributed by atoms with Gasteiger partial charge in [0.2, 0.25) is 21.8 Å². The lowest BCUT2D eigenvalue weighted by Gasteiger charge is -2.32. The third kappa shape index (κ3) is 9.64. The molecule has 42 heavy (non-hydrogen) atoms. The van der Waals surface area contributed by atoms with E-state index >= 15 is 0 Å². The summed E-state index contributed by atoms with van der Waals surface area (Å²) in [5, 5.41) is 3.75. The Bertz CT molecular complexity index is 1470. The van der Waals surface area contributed by atoms with Crippen molar-refractivity contribution in [2.45, 2.75) is 51.7 Å². The fourth-order valence-corrected chi connectivity index (χ4v) is 6.00. The Morgan fingerprint density at radius 1 is 0.952 bits per heavy atom. The number of sulfonamides is 1. The Labute approximate surface area is 258 Å². The second-order valence-electron chi connectivity index (χ2n) is 10.3. The van der Waals surface area contributed by atoms with Gasteiger partial charge in [0.15, 0.2) is 0 Å². The molecular weight excluding hydrogens is 597 g/mol. The van der Waals surface area contributed by atoms with Crippen molar-refractivity contribution < 1.29 is 22.7 Å². The van der Waals surface area contributed by atoms with Gasteiger partial charge in [-0.05, 0) is 61.7 Å². The number of nitrogens with zero attached hydrogens (tertiary/aromatic N) is 2. The van der Waals surface area contributed by atoms with Crippen LogP contribution >= 0.6 is 23.2 Å². The number of rotatable bonds is 14. The van der Waals surface area contributed by atoms with E-state index in [4.69, 9.17) is 27.9 Å². The van der Waals surface area contributed by atoms with Crippen molar-refractivity contribution in [1.29, 1.82) is 0 Å². The van der Waals surface area contributed by atoms with E-state index < -0.39 is 16.1 Å². The number of carbonyl (C=O) groups is 2. The molecule has 0 aromatic heterocycles. The summed E-state index contributed by atoms with van der Waals surface area (Å²) >= 11 is 12.5. The Kier molecular flexibility index (Phi) is 12.1. The lowest BCUT2D eigenvalue weighted by Crippen LogP contribution is -2.51. The van der Waals surface area contributed by atoms with Crippen molar-refractivity contribution in [3.63, 3.8) is 0 Å². The number of anilines is 1. The predicted molar refractivity (Wildman–Crippen MR) is 169 cm³/mol. The molecule has 11 heteroatoms. The summed E-state index contributed by atoms with van der Waals surface area (Å²) in [5.41, 5.74) is 2.05. The molecule has 2 amide bonds. The molecule has 0 saturated carbocycles. The molecule has 226 valence electrons. The first-order valence-corrected chi connectivity index (χ1v) is 16.2. The molecule has 1 unspecified atom stereocenters. The van der Waals surface area contributed by atoms with E-state index in [2.05, 4.69) is 5.32 Å². The summed E-state index contributed by atoms with van der Waals surface area (Å²) in [5.74, 6) is -0.129. The summed E-state index contributed by atoms with van der Waals surface area (Å²) in [7, 11) is -2.20. The van der Waals surface area contributed by atoms with E-state index in [1.54, 1.807) is 35.2 Å². The minimum absolute atomic E-state index is 0.0106. The van der Waals surface area contributed by atoms with Gasteiger partial charge in [0.1, 0.15) is 11.8 Å². The third-order valence-corrected chi connectivity index (χ3v) is 8.24. The van der Waals surface area contributed by atoms with Gasteiger partial charge in [0.25, 0.3) is 0 Å². The molecule has 0 heterocycles. The number of benzene rings is 3. The first-order chi connectivity index (χ1) is 19.9. The van der Waals surface area contributed by atoms with Gasteiger partial charge < -0.3 is 15.0 Å². The van der Waals surface area contributed by atoms with Gasteiger partial charge in [0, 0.05) is 37.0 Å². The van der Waals surface area contributed by atoms with E-state index in [-0.39, 0.29) is 48.8 Å². The predicted octanol–water partition coefficient (Wildman–Crippen LogP) is 5.71. The van der Waals surface area contributed by atoms with Crippen molar-refractivity contribution in [2.75, 3.05) is 24.2 Å². The molecule has 0 spiro atoms. The molecule has 1 atom stereocenters. The van der Waals surface area contributed by atoms with Gasteiger partial charge in [-0.3, -0.25) is 13.9 Å². The smallest absolute Gasteiger partial charge is 0.243 e. The molecule has 0 bridgehead atoms. The average Bonchev–Trinajstić information content (AvgIpc) is 2.92. The fraction of sp³-hybridized carbons (Fsp3) is 0.355. The van der Waals surface area contributed by atoms with Gasteiger partial charge >= 0.3 is 0 Å². The zero-order valence-corrected chi connectivity index (χ0v) is 26.5. The minimum Gasteiger partial charge on any atom is -0.495 e. The van der Waals surface area contributed by atoms with Crippen LogP contribution in [0.4, 0.5) is 5.69 Å². The second kappa shape index (κ2) is 15.3. The monoisotopic (exact) mass is 633 g/mol. The van der Waals surface area contributed by atoms with E-state index in [0.29, 0.717) is 22.9 Å². The van der Waals surface area contributed by atoms with Crippen LogP contribution in [0.15, 0.2) is 72.8 Å². The molecule has 3 rings (SSSR count). The normalized spacial score (nSPS) is 12.1. The lowest BCUT2D eigenvalue weighted by atomic mass is 10.0. The Balaban J connectivity index is 1.89. The Morgan fingerprint density at radius 3 is 2.24 bits per heavy atom. The van der Waals surface area contributed by atoms with E-state index in [1.807, 2.05) is 50.2 Å². The highest BCUT2D eigenvalue weighted by atomic mass is 35.5. The summed E-state index contributed by atoms with van der Waals surface area (Å²) in [6.45, 7) is 3.93. The first-order valence-electron chi connectivity index (χ1n) is 13.6. The van der Waals surface area contributed by atoms with Crippen molar-refractivity contribution in [1.82, 2.24) is 10.2 Å². The van der Waals surface area contributed by atoms with Crippen LogP contribution < -0.4 is 14.4 Å². The number of amides is 2. The molecule has 0 aliphatic rings. The van der Waals surface area contributed by atoms with Crippen molar-refractivity contribution in [3.8, 4) is 5.75 Å². The molecule has 0 saturated heterocycles. The Morgan fingerprint density at radius 2 is 1.64 bits per heavy atom. The highest BCUT2D eigenvalue weighted by Gasteiger charge is 2.31. The minimum atomic E-state index is -3.68. The summed E-state index contributed by atoms with van der Waals surface area (Å²) in [4.78, 5) is 28.9. The van der Waals surface area contributed by atoms with E-state index in [9.17, 15) is 18.0 Å². The average molecular weight is 635 g/mol. The maximum atomic E-state index is 13.9. The highest BCUT2D eigenvalue weighted by molar-refractivity contribution is 7.92. The summed E-state index contributed by atoms with van der Waals surface area (Å²) < 4.78 is 31.7. The third-order valence-electron chi connectivity index (χ3n) is 6.52. The van der Waals surface area contributed by atoms with Crippen LogP contribution in [0.2, 0.25) is 10.0 Å². The summed E-state index contributed by atoms with van der Waals surface area (Å²) in [6.07, 6.45) is 1.64. The standard InChI is InChI=1S/C31H37Cl2N3O5S/c1-22(2)34-31(38)28(19-23-10-6-5-7-11-23)35(21-24-12-8-13-25(32)18-24)30(37)14-9-17-36(42(4,39)40)26-15-16-29(41-3)27(33)20-26/h5-8,10-13,15-16,18,20,22,28H,9,14,17,19,21H2,1-4H3,(H,34,38). The van der Waals surface area contributed by atoms with Crippen LogP contribution in [0.1, 0.15) is 37.8 Å². The zero-order chi connectivity index (χ0) is 30.9. The van der Waals surface area contributed by atoms with Crippen molar-refractivity contribution >= 4 is 50.7 Å². The number of hydrogen-bond donors (Lipinski definition) is 1. The molecule has 0 fully saturated rings. The van der Waals surface area contributed by atoms with Crippen molar-refractivity contribution in [2.24, 2.45) is 0 Å². The number of methoxy groups -OCH3 is 1. The fourth-order valence-electron chi connectivity index (χ4n) is 4.58. The molecule has 0 aliphatic carbocycles. The van der Waals surface area contributed by atoms with Crippen LogP contribution in [0.5, 0.6) is 5.75 Å². The number of hydrogen-bond acceptors (Lipinski definition) is 5. The number of nitrogens with one attached hydrogen (secondary N) is 1. The van der Waals surface area contributed by atoms with E-state index in [0.717, 1.165) is 17.4 Å². The van der Waals surface area contributed by atoms with Crippen LogP contribution in [0.3, 0.4) is 0 Å². The lowest BCUT2D eigenvalue weighted by molar-refractivity contribution is -0.141. The number of ether oxygens (including phenoxy) is 1. The highest BCUT2D eigenvalue weighted by Crippen LogP contribution is 2.30. The summed E-state index contributed by atoms with van der Waals surface area (Å²) in [6, 6.07) is 20.5. The zero-order valence-electron chi connectivity index (χ0n) is 24.2. The molecule has 3 aromatic rings. The SMILES string of the molecule is COc1ccc(N(CCCC(=O)N(Cc2cccc(Cl)c2)C(Cc2ccccc2)C(=O)NC(C)C)S(C)(=O)=O)cc1Cl. The first kappa shape index (κ1) is 33.2. The molecular formula is C31H37Cl2N3O5S. The van der Waals surface area contributed by atoms with Gasteiger partial charge in [-0.25, -0.2) is 8.42 Å². The quantitative estimate of drug-likeness (QED) is 0.245. The van der Waals surface area contributed by atoms with Crippen LogP contribution in [0.25, 0.3) is 0 Å². The molecule has 8 nitrogen and oxygen atoms in total. The van der Waals surface area contributed by atoms with Gasteiger partial charge in [0.05, 0.1) is 24.1 Å². The van der Waals surface area contributed by atoms with Crippen LogP contribution in [0, 0.1) is 0 Å². The largest absolute Gasteiger partial charge is 0.495 e. The van der Waals surface area contributed by atoms with Gasteiger partial charge in [-0.15, -0.1) is 0 Å². The van der Waals surface area contributed by atoms with Gasteiger partial charge in [-0.2, -0.15) is 0 Å². The van der Waals surface area contributed by atoms with E-state index in [1.165, 1.54) is 17.5 Å². The molecule has 1 N–H and O–H groups in total. The molecule has 3 aromatic carbocycles. The second-order valence-corrected chi connectivity index (χ2v) is 13.0. The maximum Gasteiger partial charge on any atom is 0.243 e. The van der Waals surface area contributed by atoms with Crippen LogP contribution in [-0.2, 0) is 32.6 Å². The molecule has 0 aliphatic heterocycles.